The van der Waals surface area contributed by atoms with Gasteiger partial charge in [-0.05, 0) is 35.9 Å². The smallest absolute Gasteiger partial charge is 0.335 e. The highest BCUT2D eigenvalue weighted by molar-refractivity contribution is 7.98. The Labute approximate surface area is 119 Å². The zero-order chi connectivity index (χ0) is 13.8. The van der Waals surface area contributed by atoms with Crippen LogP contribution in [0.5, 0.6) is 0 Å². The molecular weight excluding hydrogens is 287 g/mol. The van der Waals surface area contributed by atoms with E-state index in [0.717, 1.165) is 11.0 Å². The normalized spacial score (nSPS) is 10.4. The average Bonchev–Trinajstić information content (AvgIpc) is 2.37. The number of hydrogen-bond donors (Lipinski definition) is 1. The van der Waals surface area contributed by atoms with Crippen molar-refractivity contribution in [2.24, 2.45) is 0 Å². The van der Waals surface area contributed by atoms with E-state index >= 15 is 0 Å². The highest BCUT2D eigenvalue weighted by atomic mass is 35.5. The number of carbonyl (C=O) groups is 1. The number of halogens is 2. The van der Waals surface area contributed by atoms with Crippen molar-refractivity contribution in [3.8, 4) is 0 Å². The zero-order valence-electron chi connectivity index (χ0n) is 9.77. The van der Waals surface area contributed by atoms with E-state index in [0.29, 0.717) is 16.3 Å². The Hall–Kier alpha value is -1.52. The summed E-state index contributed by atoms with van der Waals surface area (Å²) >= 11 is 7.39. The summed E-state index contributed by atoms with van der Waals surface area (Å²) in [5, 5.41) is 9.65. The molecule has 2 aromatic rings. The lowest BCUT2D eigenvalue weighted by atomic mass is 10.1. The molecule has 0 unspecified atom stereocenters. The minimum absolute atomic E-state index is 0.112. The van der Waals surface area contributed by atoms with Gasteiger partial charge in [0.15, 0.2) is 0 Å². The van der Waals surface area contributed by atoms with Gasteiger partial charge in [-0.2, -0.15) is 0 Å². The van der Waals surface area contributed by atoms with Gasteiger partial charge in [-0.15, -0.1) is 11.8 Å². The van der Waals surface area contributed by atoms with Crippen molar-refractivity contribution in [1.29, 1.82) is 0 Å². The van der Waals surface area contributed by atoms with Crippen LogP contribution in [0.25, 0.3) is 0 Å². The first-order valence-electron chi connectivity index (χ1n) is 5.47. The fourth-order valence-corrected chi connectivity index (χ4v) is 2.84. The molecule has 0 aliphatic heterocycles. The molecule has 0 aromatic heterocycles. The van der Waals surface area contributed by atoms with Crippen LogP contribution in [0, 0.1) is 5.82 Å². The zero-order valence-corrected chi connectivity index (χ0v) is 11.3. The highest BCUT2D eigenvalue weighted by Gasteiger charge is 2.11. The maximum atomic E-state index is 13.2. The number of thioether (sulfide) groups is 1. The van der Waals surface area contributed by atoms with E-state index in [-0.39, 0.29) is 5.56 Å². The molecule has 2 aromatic carbocycles. The SMILES string of the molecule is O=C(O)c1ccc(F)cc1CSc1ccccc1Cl. The molecule has 0 radical (unpaired) electrons. The molecular formula is C14H10ClFO2S. The van der Waals surface area contributed by atoms with Crippen molar-refractivity contribution in [3.05, 3.63) is 64.4 Å². The molecule has 98 valence electrons. The lowest BCUT2D eigenvalue weighted by Gasteiger charge is -2.07. The topological polar surface area (TPSA) is 37.3 Å². The summed E-state index contributed by atoms with van der Waals surface area (Å²) in [7, 11) is 0. The van der Waals surface area contributed by atoms with E-state index in [1.807, 2.05) is 18.2 Å². The van der Waals surface area contributed by atoms with Gasteiger partial charge in [0.25, 0.3) is 0 Å². The lowest BCUT2D eigenvalue weighted by Crippen LogP contribution is -2.02. The van der Waals surface area contributed by atoms with Crippen LogP contribution in [0.3, 0.4) is 0 Å². The molecule has 0 bridgehead atoms. The van der Waals surface area contributed by atoms with Crippen LogP contribution in [0.4, 0.5) is 4.39 Å². The number of benzene rings is 2. The van der Waals surface area contributed by atoms with Gasteiger partial charge < -0.3 is 5.11 Å². The third kappa shape index (κ3) is 3.49. The van der Waals surface area contributed by atoms with Crippen LogP contribution in [0.15, 0.2) is 47.4 Å². The van der Waals surface area contributed by atoms with Crippen molar-refractivity contribution < 1.29 is 14.3 Å². The standard InChI is InChI=1S/C14H10ClFO2S/c15-12-3-1-2-4-13(12)19-8-9-7-10(16)5-6-11(9)14(17)18/h1-7H,8H2,(H,17,18). The van der Waals surface area contributed by atoms with Crippen molar-refractivity contribution in [1.82, 2.24) is 0 Å². The van der Waals surface area contributed by atoms with Gasteiger partial charge in [-0.25, -0.2) is 9.18 Å². The van der Waals surface area contributed by atoms with Gasteiger partial charge in [-0.3, -0.25) is 0 Å². The molecule has 0 fully saturated rings. The first-order chi connectivity index (χ1) is 9.08. The van der Waals surface area contributed by atoms with Crippen LogP contribution >= 0.6 is 23.4 Å². The van der Waals surface area contributed by atoms with Gasteiger partial charge in [0.1, 0.15) is 5.82 Å². The number of hydrogen-bond acceptors (Lipinski definition) is 2. The first-order valence-corrected chi connectivity index (χ1v) is 6.83. The van der Waals surface area contributed by atoms with Crippen molar-refractivity contribution in [3.63, 3.8) is 0 Å². The highest BCUT2D eigenvalue weighted by Crippen LogP contribution is 2.30. The van der Waals surface area contributed by atoms with Gasteiger partial charge in [0.05, 0.1) is 10.6 Å². The van der Waals surface area contributed by atoms with E-state index in [2.05, 4.69) is 0 Å². The summed E-state index contributed by atoms with van der Waals surface area (Å²) in [6.45, 7) is 0. The number of rotatable bonds is 4. The predicted molar refractivity (Wildman–Crippen MR) is 74.4 cm³/mol. The summed E-state index contributed by atoms with van der Waals surface area (Å²) in [6.07, 6.45) is 0. The largest absolute Gasteiger partial charge is 0.478 e. The maximum absolute atomic E-state index is 13.2. The molecule has 0 atom stereocenters. The monoisotopic (exact) mass is 296 g/mol. The molecule has 2 nitrogen and oxygen atoms in total. The van der Waals surface area contributed by atoms with Crippen molar-refractivity contribution in [2.75, 3.05) is 0 Å². The van der Waals surface area contributed by atoms with Gasteiger partial charge in [0, 0.05) is 10.6 Å². The lowest BCUT2D eigenvalue weighted by molar-refractivity contribution is 0.0696. The van der Waals surface area contributed by atoms with E-state index in [4.69, 9.17) is 16.7 Å². The Morgan fingerprint density at radius 1 is 1.26 bits per heavy atom. The van der Waals surface area contributed by atoms with Crippen LogP contribution in [0.1, 0.15) is 15.9 Å². The summed E-state index contributed by atoms with van der Waals surface area (Å²) in [5.74, 6) is -1.15. The second-order valence-electron chi connectivity index (χ2n) is 3.83. The minimum Gasteiger partial charge on any atom is -0.478 e. The Balaban J connectivity index is 2.22. The minimum atomic E-state index is -1.06. The van der Waals surface area contributed by atoms with E-state index < -0.39 is 11.8 Å². The van der Waals surface area contributed by atoms with Gasteiger partial charge >= 0.3 is 5.97 Å². The molecule has 0 amide bonds. The Morgan fingerprint density at radius 2 is 2.00 bits per heavy atom. The Kier molecular flexibility index (Phi) is 4.45. The quantitative estimate of drug-likeness (QED) is 0.846. The summed E-state index contributed by atoms with van der Waals surface area (Å²) in [4.78, 5) is 11.9. The maximum Gasteiger partial charge on any atom is 0.335 e. The van der Waals surface area contributed by atoms with E-state index in [9.17, 15) is 9.18 Å². The average molecular weight is 297 g/mol. The second kappa shape index (κ2) is 6.08. The van der Waals surface area contributed by atoms with Crippen LogP contribution in [-0.2, 0) is 5.75 Å². The summed E-state index contributed by atoms with van der Waals surface area (Å²) < 4.78 is 13.2. The molecule has 0 saturated heterocycles. The Bertz CT molecular complexity index is 616. The first kappa shape index (κ1) is 13.9. The van der Waals surface area contributed by atoms with Gasteiger partial charge in [-0.1, -0.05) is 23.7 Å². The van der Waals surface area contributed by atoms with Crippen molar-refractivity contribution >= 4 is 29.3 Å². The van der Waals surface area contributed by atoms with E-state index in [1.54, 1.807) is 6.07 Å². The molecule has 0 saturated carbocycles. The molecule has 2 rings (SSSR count). The van der Waals surface area contributed by atoms with Crippen LogP contribution in [-0.4, -0.2) is 11.1 Å². The molecule has 19 heavy (non-hydrogen) atoms. The predicted octanol–water partition coefficient (Wildman–Crippen LogP) is 4.47. The molecule has 5 heteroatoms. The van der Waals surface area contributed by atoms with E-state index in [1.165, 1.54) is 23.9 Å². The molecule has 0 aliphatic carbocycles. The van der Waals surface area contributed by atoms with Crippen LogP contribution in [0.2, 0.25) is 5.02 Å². The second-order valence-corrected chi connectivity index (χ2v) is 5.25. The van der Waals surface area contributed by atoms with Gasteiger partial charge in [0.2, 0.25) is 0 Å². The third-order valence-corrected chi connectivity index (χ3v) is 4.08. The molecule has 0 aliphatic rings. The number of carboxylic acid groups (broad SMARTS) is 1. The number of carboxylic acids is 1. The Morgan fingerprint density at radius 3 is 2.68 bits per heavy atom. The summed E-state index contributed by atoms with van der Waals surface area (Å²) in [6, 6.07) is 10.9. The number of aromatic carboxylic acids is 1. The van der Waals surface area contributed by atoms with Crippen LogP contribution < -0.4 is 0 Å². The molecule has 1 N–H and O–H groups in total. The third-order valence-electron chi connectivity index (χ3n) is 2.52. The molecule has 0 spiro atoms. The van der Waals surface area contributed by atoms with Crippen molar-refractivity contribution in [2.45, 2.75) is 10.6 Å². The fraction of sp³-hybridized carbons (Fsp3) is 0.0714. The summed E-state index contributed by atoms with van der Waals surface area (Å²) in [5.41, 5.74) is 0.554. The fourth-order valence-electron chi connectivity index (χ4n) is 1.61. The molecule has 0 heterocycles.